The molecular weight excluding hydrogens is 416 g/mol. The van der Waals surface area contributed by atoms with E-state index in [0.29, 0.717) is 32.5 Å². The van der Waals surface area contributed by atoms with Gasteiger partial charge in [0, 0.05) is 62.7 Å². The molecule has 1 aromatic heterocycles. The number of urea groups is 1. The van der Waals surface area contributed by atoms with Crippen LogP contribution in [0.25, 0.3) is 10.9 Å². The molecule has 0 aliphatic carbocycles. The molecule has 0 bridgehead atoms. The Balaban J connectivity index is 1.48. The van der Waals surface area contributed by atoms with Gasteiger partial charge < -0.3 is 24.8 Å². The predicted molar refractivity (Wildman–Crippen MR) is 130 cm³/mol. The fraction of sp³-hybridized carbons (Fsp3) is 0.385. The van der Waals surface area contributed by atoms with E-state index in [9.17, 15) is 9.59 Å². The second kappa shape index (κ2) is 9.98. The number of rotatable bonds is 6. The highest BCUT2D eigenvalue weighted by Crippen LogP contribution is 2.31. The van der Waals surface area contributed by atoms with Crippen LogP contribution in [-0.4, -0.2) is 67.6 Å². The first-order chi connectivity index (χ1) is 16.0. The summed E-state index contributed by atoms with van der Waals surface area (Å²) in [5.74, 6) is 0.798. The number of ether oxygens (including phenoxy) is 1. The van der Waals surface area contributed by atoms with Crippen molar-refractivity contribution in [1.82, 2.24) is 20.1 Å². The molecule has 1 unspecified atom stereocenters. The summed E-state index contributed by atoms with van der Waals surface area (Å²) in [6.07, 6.45) is 3.41. The van der Waals surface area contributed by atoms with E-state index < -0.39 is 0 Å². The van der Waals surface area contributed by atoms with Crippen LogP contribution >= 0.6 is 0 Å². The Morgan fingerprint density at radius 1 is 1.12 bits per heavy atom. The maximum atomic E-state index is 13.0. The molecule has 4 rings (SSSR count). The first-order valence-corrected chi connectivity index (χ1v) is 11.4. The highest BCUT2D eigenvalue weighted by molar-refractivity contribution is 5.84. The summed E-state index contributed by atoms with van der Waals surface area (Å²) in [6, 6.07) is 16.3. The summed E-state index contributed by atoms with van der Waals surface area (Å²) >= 11 is 0. The third kappa shape index (κ3) is 4.97. The topological polar surface area (TPSA) is 77.7 Å². The monoisotopic (exact) mass is 448 g/mol. The largest absolute Gasteiger partial charge is 0.497 e. The minimum absolute atomic E-state index is 0.00594. The molecule has 1 saturated heterocycles. The number of amides is 3. The van der Waals surface area contributed by atoms with Crippen molar-refractivity contribution in [3.63, 3.8) is 0 Å². The van der Waals surface area contributed by atoms with Crippen molar-refractivity contribution in [1.29, 1.82) is 0 Å². The molecule has 1 atom stereocenters. The van der Waals surface area contributed by atoms with Gasteiger partial charge in [0.15, 0.2) is 0 Å². The summed E-state index contributed by atoms with van der Waals surface area (Å²) in [6.45, 7) is 1.72. The molecular formula is C26H32N4O3. The van der Waals surface area contributed by atoms with E-state index in [1.54, 1.807) is 26.1 Å². The molecule has 174 valence electrons. The van der Waals surface area contributed by atoms with Gasteiger partial charge in [-0.05, 0) is 42.2 Å². The van der Waals surface area contributed by atoms with Crippen molar-refractivity contribution in [3.05, 3.63) is 65.9 Å². The molecule has 0 saturated carbocycles. The Morgan fingerprint density at radius 2 is 1.82 bits per heavy atom. The van der Waals surface area contributed by atoms with Crippen molar-refractivity contribution in [2.45, 2.75) is 18.8 Å². The van der Waals surface area contributed by atoms with Gasteiger partial charge in [-0.25, -0.2) is 4.79 Å². The Hall–Kier alpha value is -3.48. The molecule has 7 nitrogen and oxygen atoms in total. The summed E-state index contributed by atoms with van der Waals surface area (Å²) in [4.78, 5) is 32.0. The summed E-state index contributed by atoms with van der Waals surface area (Å²) in [5.41, 5.74) is 3.35. The number of hydrogen-bond acceptors (Lipinski definition) is 3. The van der Waals surface area contributed by atoms with Crippen LogP contribution in [-0.2, 0) is 4.79 Å². The molecule has 1 aliphatic rings. The molecule has 33 heavy (non-hydrogen) atoms. The van der Waals surface area contributed by atoms with E-state index in [1.807, 2.05) is 35.4 Å². The SMILES string of the molecule is COc1ccc(C(CNC(=O)C2CCN(C(=O)N(C)C)CC2)c2c[nH]c3ccccc23)cc1. The number of fused-ring (bicyclic) bond motifs is 1. The predicted octanol–water partition coefficient (Wildman–Crippen LogP) is 3.82. The number of methoxy groups -OCH3 is 1. The molecule has 0 radical (unpaired) electrons. The second-order valence-electron chi connectivity index (χ2n) is 8.80. The normalized spacial score (nSPS) is 15.3. The van der Waals surface area contributed by atoms with E-state index in [0.717, 1.165) is 27.8 Å². The van der Waals surface area contributed by atoms with E-state index in [1.165, 1.54) is 0 Å². The van der Waals surface area contributed by atoms with Crippen LogP contribution in [0.15, 0.2) is 54.7 Å². The number of aromatic amines is 1. The van der Waals surface area contributed by atoms with Gasteiger partial charge in [0.1, 0.15) is 5.75 Å². The van der Waals surface area contributed by atoms with Crippen LogP contribution in [0.3, 0.4) is 0 Å². The van der Waals surface area contributed by atoms with Gasteiger partial charge in [-0.2, -0.15) is 0 Å². The van der Waals surface area contributed by atoms with Crippen LogP contribution in [0.2, 0.25) is 0 Å². The van der Waals surface area contributed by atoms with Crippen molar-refractivity contribution in [2.24, 2.45) is 5.92 Å². The van der Waals surface area contributed by atoms with Crippen molar-refractivity contribution >= 4 is 22.8 Å². The smallest absolute Gasteiger partial charge is 0.319 e. The van der Waals surface area contributed by atoms with Gasteiger partial charge in [-0.15, -0.1) is 0 Å². The van der Waals surface area contributed by atoms with E-state index >= 15 is 0 Å². The summed E-state index contributed by atoms with van der Waals surface area (Å²) < 4.78 is 5.32. The average Bonchev–Trinajstić information content (AvgIpc) is 3.28. The van der Waals surface area contributed by atoms with Gasteiger partial charge in [0.2, 0.25) is 5.91 Å². The van der Waals surface area contributed by atoms with Crippen LogP contribution < -0.4 is 10.1 Å². The van der Waals surface area contributed by atoms with Gasteiger partial charge in [0.05, 0.1) is 7.11 Å². The van der Waals surface area contributed by atoms with Crippen LogP contribution in [0.4, 0.5) is 4.79 Å². The first-order valence-electron chi connectivity index (χ1n) is 11.4. The fourth-order valence-electron chi connectivity index (χ4n) is 4.59. The Labute approximate surface area is 194 Å². The highest BCUT2D eigenvalue weighted by atomic mass is 16.5. The average molecular weight is 449 g/mol. The number of nitrogens with one attached hydrogen (secondary N) is 2. The molecule has 3 aromatic rings. The maximum Gasteiger partial charge on any atom is 0.319 e. The van der Waals surface area contributed by atoms with Crippen molar-refractivity contribution in [2.75, 3.05) is 40.8 Å². The minimum Gasteiger partial charge on any atom is -0.497 e. The zero-order valence-electron chi connectivity index (χ0n) is 19.5. The molecule has 3 amide bonds. The zero-order valence-corrected chi connectivity index (χ0v) is 19.5. The lowest BCUT2D eigenvalue weighted by molar-refractivity contribution is -0.126. The van der Waals surface area contributed by atoms with Crippen LogP contribution in [0.5, 0.6) is 5.75 Å². The standard InChI is InChI=1S/C26H32N4O3/c1-29(2)26(32)30-14-12-19(13-15-30)25(31)28-16-22(18-8-10-20(33-3)11-9-18)23-17-27-24-7-5-4-6-21(23)24/h4-11,17,19,22,27H,12-16H2,1-3H3,(H,28,31). The molecule has 7 heteroatoms. The molecule has 1 aliphatic heterocycles. The number of benzene rings is 2. The number of carbonyl (C=O) groups is 2. The number of aromatic nitrogens is 1. The van der Waals surface area contributed by atoms with Crippen LogP contribution in [0, 0.1) is 5.92 Å². The quantitative estimate of drug-likeness (QED) is 0.602. The third-order valence-corrected chi connectivity index (χ3v) is 6.51. The van der Waals surface area contributed by atoms with Gasteiger partial charge in [-0.3, -0.25) is 4.79 Å². The zero-order chi connectivity index (χ0) is 23.4. The molecule has 0 spiro atoms. The number of piperidine rings is 1. The third-order valence-electron chi connectivity index (χ3n) is 6.51. The maximum absolute atomic E-state index is 13.0. The van der Waals surface area contributed by atoms with Crippen molar-refractivity contribution < 1.29 is 14.3 Å². The fourth-order valence-corrected chi connectivity index (χ4v) is 4.59. The van der Waals surface area contributed by atoms with Crippen molar-refractivity contribution in [3.8, 4) is 5.75 Å². The molecule has 2 aromatic carbocycles. The number of carbonyl (C=O) groups excluding carboxylic acids is 2. The molecule has 2 heterocycles. The lowest BCUT2D eigenvalue weighted by atomic mass is 9.90. The Bertz CT molecular complexity index is 1100. The lowest BCUT2D eigenvalue weighted by Crippen LogP contribution is -2.46. The van der Waals surface area contributed by atoms with E-state index in [-0.39, 0.29) is 23.8 Å². The molecule has 1 fully saturated rings. The summed E-state index contributed by atoms with van der Waals surface area (Å²) in [7, 11) is 5.17. The molecule has 2 N–H and O–H groups in total. The number of para-hydroxylation sites is 1. The lowest BCUT2D eigenvalue weighted by Gasteiger charge is -2.33. The van der Waals surface area contributed by atoms with Crippen LogP contribution in [0.1, 0.15) is 29.9 Å². The van der Waals surface area contributed by atoms with Gasteiger partial charge in [-0.1, -0.05) is 30.3 Å². The summed E-state index contributed by atoms with van der Waals surface area (Å²) in [5, 5.41) is 4.36. The first kappa shape index (κ1) is 22.7. The van der Waals surface area contributed by atoms with E-state index in [2.05, 4.69) is 34.6 Å². The minimum atomic E-state index is -0.0734. The van der Waals surface area contributed by atoms with Gasteiger partial charge in [0.25, 0.3) is 0 Å². The second-order valence-corrected chi connectivity index (χ2v) is 8.80. The Kier molecular flexibility index (Phi) is 6.87. The Morgan fingerprint density at radius 3 is 2.48 bits per heavy atom. The number of likely N-dealkylation sites (tertiary alicyclic amines) is 1. The highest BCUT2D eigenvalue weighted by Gasteiger charge is 2.29. The van der Waals surface area contributed by atoms with E-state index in [4.69, 9.17) is 4.74 Å². The number of H-pyrrole nitrogens is 1. The number of hydrogen-bond donors (Lipinski definition) is 2. The number of nitrogens with zero attached hydrogens (tertiary/aromatic N) is 2. The van der Waals surface area contributed by atoms with Gasteiger partial charge >= 0.3 is 6.03 Å².